The summed E-state index contributed by atoms with van der Waals surface area (Å²) in [6.07, 6.45) is 4.30. The zero-order valence-corrected chi connectivity index (χ0v) is 13.8. The topological polar surface area (TPSA) is 72.2 Å². The van der Waals surface area contributed by atoms with Crippen LogP contribution in [0.2, 0.25) is 0 Å². The van der Waals surface area contributed by atoms with Crippen LogP contribution in [0.15, 0.2) is 17.0 Å². The van der Waals surface area contributed by atoms with Gasteiger partial charge in [0.1, 0.15) is 10.7 Å². The van der Waals surface area contributed by atoms with Crippen LogP contribution < -0.4 is 10.5 Å². The van der Waals surface area contributed by atoms with E-state index >= 15 is 0 Å². The Hall–Kier alpha value is -1.14. The van der Waals surface area contributed by atoms with Crippen LogP contribution in [0.3, 0.4) is 0 Å². The lowest BCUT2D eigenvalue weighted by Gasteiger charge is -2.18. The maximum atomic E-state index is 13.9. The molecule has 1 rings (SSSR count). The quantitative estimate of drug-likeness (QED) is 0.722. The van der Waals surface area contributed by atoms with E-state index in [9.17, 15) is 12.8 Å². The fourth-order valence-corrected chi connectivity index (χ4v) is 3.62. The first-order chi connectivity index (χ1) is 9.81. The molecule has 1 atom stereocenters. The summed E-state index contributed by atoms with van der Waals surface area (Å²) in [5.74, 6) is -0.764. The highest BCUT2D eigenvalue weighted by atomic mass is 32.2. The van der Waals surface area contributed by atoms with Crippen LogP contribution in [-0.4, -0.2) is 14.5 Å². The number of anilines is 1. The molecule has 0 heterocycles. The Bertz CT molecular complexity index is 573. The van der Waals surface area contributed by atoms with Gasteiger partial charge in [0.15, 0.2) is 0 Å². The molecule has 0 saturated carbocycles. The van der Waals surface area contributed by atoms with E-state index < -0.39 is 15.8 Å². The molecule has 0 bridgehead atoms. The van der Waals surface area contributed by atoms with Gasteiger partial charge in [-0.2, -0.15) is 0 Å². The largest absolute Gasteiger partial charge is 0.398 e. The molecule has 4 nitrogen and oxygen atoms in total. The van der Waals surface area contributed by atoms with Gasteiger partial charge in [-0.1, -0.05) is 33.1 Å². The maximum Gasteiger partial charge on any atom is 0.243 e. The lowest BCUT2D eigenvalue weighted by Crippen LogP contribution is -2.35. The summed E-state index contributed by atoms with van der Waals surface area (Å²) in [5, 5.41) is 0. The number of sulfonamides is 1. The molecule has 1 unspecified atom stereocenters. The van der Waals surface area contributed by atoms with Crippen LogP contribution in [-0.2, 0) is 10.0 Å². The summed E-state index contributed by atoms with van der Waals surface area (Å²) >= 11 is 0. The number of hydrogen-bond donors (Lipinski definition) is 2. The SMILES string of the molecule is CCCCC(CCC)NS(=O)(=O)c1cc(N)c(C)cc1F. The molecule has 0 aliphatic heterocycles. The molecular weight excluding hydrogens is 291 g/mol. The number of benzene rings is 1. The average molecular weight is 316 g/mol. The molecule has 1 aromatic rings. The standard InChI is InChI=1S/C15H25FN2O2S/c1-4-6-8-12(7-5-2)18-21(19,20)15-10-14(17)11(3)9-13(15)16/h9-10,12,18H,4-8,17H2,1-3H3. The first kappa shape index (κ1) is 17.9. The smallest absolute Gasteiger partial charge is 0.243 e. The summed E-state index contributed by atoms with van der Waals surface area (Å²) in [6, 6.07) is 2.18. The minimum absolute atomic E-state index is 0.165. The number of halogens is 1. The van der Waals surface area contributed by atoms with E-state index in [0.717, 1.165) is 38.2 Å². The van der Waals surface area contributed by atoms with Gasteiger partial charge in [0, 0.05) is 11.7 Å². The lowest BCUT2D eigenvalue weighted by atomic mass is 10.1. The van der Waals surface area contributed by atoms with Crippen molar-refractivity contribution >= 4 is 15.7 Å². The normalized spacial score (nSPS) is 13.3. The third-order valence-corrected chi connectivity index (χ3v) is 5.01. The predicted octanol–water partition coefficient (Wildman–Crippen LogP) is 3.35. The van der Waals surface area contributed by atoms with Crippen LogP contribution in [0, 0.1) is 12.7 Å². The number of nitrogen functional groups attached to an aromatic ring is 1. The van der Waals surface area contributed by atoms with Crippen molar-refractivity contribution in [1.82, 2.24) is 4.72 Å². The number of rotatable bonds is 8. The summed E-state index contributed by atoms with van der Waals surface area (Å²) in [6.45, 7) is 5.69. The second-order valence-corrected chi connectivity index (χ2v) is 7.07. The lowest BCUT2D eigenvalue weighted by molar-refractivity contribution is 0.480. The number of hydrogen-bond acceptors (Lipinski definition) is 3. The summed E-state index contributed by atoms with van der Waals surface area (Å²) in [4.78, 5) is -0.372. The van der Waals surface area contributed by atoms with E-state index in [0.29, 0.717) is 5.56 Å². The molecule has 0 amide bonds. The first-order valence-electron chi connectivity index (χ1n) is 7.39. The fraction of sp³-hybridized carbons (Fsp3) is 0.600. The third kappa shape index (κ3) is 4.97. The molecular formula is C15H25FN2O2S. The Morgan fingerprint density at radius 3 is 2.48 bits per heavy atom. The Balaban J connectivity index is 3.01. The van der Waals surface area contributed by atoms with Crippen LogP contribution in [0.5, 0.6) is 0 Å². The molecule has 6 heteroatoms. The van der Waals surface area contributed by atoms with E-state index in [2.05, 4.69) is 11.6 Å². The van der Waals surface area contributed by atoms with Gasteiger partial charge in [0.05, 0.1) is 0 Å². The van der Waals surface area contributed by atoms with E-state index in [1.807, 2.05) is 6.92 Å². The number of nitrogens with one attached hydrogen (secondary N) is 1. The number of aryl methyl sites for hydroxylation is 1. The van der Waals surface area contributed by atoms with Gasteiger partial charge in [0.2, 0.25) is 10.0 Å². The highest BCUT2D eigenvalue weighted by Gasteiger charge is 2.23. The minimum atomic E-state index is -3.89. The van der Waals surface area contributed by atoms with Crippen molar-refractivity contribution in [2.75, 3.05) is 5.73 Å². The molecule has 0 saturated heterocycles. The molecule has 3 N–H and O–H groups in total. The van der Waals surface area contributed by atoms with E-state index in [4.69, 9.17) is 5.73 Å². The van der Waals surface area contributed by atoms with E-state index in [-0.39, 0.29) is 16.6 Å². The van der Waals surface area contributed by atoms with Crippen LogP contribution in [0.1, 0.15) is 51.5 Å². The second-order valence-electron chi connectivity index (χ2n) is 5.39. The van der Waals surface area contributed by atoms with Crippen LogP contribution in [0.4, 0.5) is 10.1 Å². The van der Waals surface area contributed by atoms with Crippen molar-refractivity contribution in [3.63, 3.8) is 0 Å². The Labute approximate surface area is 127 Å². The molecule has 1 aromatic carbocycles. The molecule has 0 aliphatic rings. The molecule has 0 radical (unpaired) electrons. The van der Waals surface area contributed by atoms with Crippen molar-refractivity contribution in [2.45, 2.75) is 63.8 Å². The highest BCUT2D eigenvalue weighted by molar-refractivity contribution is 7.89. The monoisotopic (exact) mass is 316 g/mol. The van der Waals surface area contributed by atoms with Crippen molar-refractivity contribution in [3.05, 3.63) is 23.5 Å². The van der Waals surface area contributed by atoms with Crippen molar-refractivity contribution in [3.8, 4) is 0 Å². The maximum absolute atomic E-state index is 13.9. The zero-order chi connectivity index (χ0) is 16.0. The van der Waals surface area contributed by atoms with E-state index in [1.54, 1.807) is 6.92 Å². The molecule has 0 aliphatic carbocycles. The van der Waals surface area contributed by atoms with Gasteiger partial charge in [0.25, 0.3) is 0 Å². The predicted molar refractivity (Wildman–Crippen MR) is 84.1 cm³/mol. The van der Waals surface area contributed by atoms with Gasteiger partial charge in [-0.3, -0.25) is 0 Å². The molecule has 0 fully saturated rings. The van der Waals surface area contributed by atoms with Crippen molar-refractivity contribution in [1.29, 1.82) is 0 Å². The van der Waals surface area contributed by atoms with Gasteiger partial charge >= 0.3 is 0 Å². The summed E-state index contributed by atoms with van der Waals surface area (Å²) in [7, 11) is -3.89. The number of unbranched alkanes of at least 4 members (excludes halogenated alkanes) is 1. The van der Waals surface area contributed by atoms with Crippen LogP contribution >= 0.6 is 0 Å². The molecule has 21 heavy (non-hydrogen) atoms. The minimum Gasteiger partial charge on any atom is -0.398 e. The second kappa shape index (κ2) is 7.75. The van der Waals surface area contributed by atoms with Gasteiger partial charge in [-0.25, -0.2) is 17.5 Å². The highest BCUT2D eigenvalue weighted by Crippen LogP contribution is 2.22. The molecule has 0 aromatic heterocycles. The van der Waals surface area contributed by atoms with Gasteiger partial charge in [-0.05, 0) is 37.5 Å². The van der Waals surface area contributed by atoms with Gasteiger partial charge in [-0.15, -0.1) is 0 Å². The van der Waals surface area contributed by atoms with Crippen molar-refractivity contribution < 1.29 is 12.8 Å². The summed E-state index contributed by atoms with van der Waals surface area (Å²) < 4.78 is 41.3. The first-order valence-corrected chi connectivity index (χ1v) is 8.88. The number of nitrogens with two attached hydrogens (primary N) is 1. The zero-order valence-electron chi connectivity index (χ0n) is 12.9. The molecule has 120 valence electrons. The third-order valence-electron chi connectivity index (χ3n) is 3.48. The Kier molecular flexibility index (Phi) is 6.61. The summed E-state index contributed by atoms with van der Waals surface area (Å²) in [5.41, 5.74) is 6.50. The molecule has 0 spiro atoms. The Morgan fingerprint density at radius 1 is 1.24 bits per heavy atom. The van der Waals surface area contributed by atoms with E-state index in [1.165, 1.54) is 6.07 Å². The fourth-order valence-electron chi connectivity index (χ4n) is 2.22. The van der Waals surface area contributed by atoms with Crippen molar-refractivity contribution in [2.24, 2.45) is 0 Å². The van der Waals surface area contributed by atoms with Crippen LogP contribution in [0.25, 0.3) is 0 Å². The Morgan fingerprint density at radius 2 is 1.90 bits per heavy atom. The average Bonchev–Trinajstić information content (AvgIpc) is 2.40. The van der Waals surface area contributed by atoms with Gasteiger partial charge < -0.3 is 5.73 Å².